The van der Waals surface area contributed by atoms with Gasteiger partial charge in [0, 0.05) is 13.5 Å². The van der Waals surface area contributed by atoms with Crippen molar-refractivity contribution in [3.63, 3.8) is 0 Å². The van der Waals surface area contributed by atoms with Gasteiger partial charge in [-0.15, -0.1) is 0 Å². The first-order chi connectivity index (χ1) is 6.02. The Labute approximate surface area is 91.0 Å². The molecular formula is C9H11IN2O. The van der Waals surface area contributed by atoms with Gasteiger partial charge in [0.25, 0.3) is 0 Å². The van der Waals surface area contributed by atoms with Gasteiger partial charge < -0.3 is 0 Å². The van der Waals surface area contributed by atoms with Gasteiger partial charge in [-0.25, -0.2) is 0 Å². The number of halogens is 1. The van der Waals surface area contributed by atoms with Crippen molar-refractivity contribution < 1.29 is 4.79 Å². The number of nitrogens with zero attached hydrogens (tertiary/aromatic N) is 2. The SMILES string of the molecule is C=C(C)CC(=O)c1cnn(C)c1I. The van der Waals surface area contributed by atoms with Crippen LogP contribution in [-0.4, -0.2) is 15.6 Å². The number of rotatable bonds is 3. The highest BCUT2D eigenvalue weighted by molar-refractivity contribution is 14.1. The summed E-state index contributed by atoms with van der Waals surface area (Å²) in [6, 6.07) is 0. The summed E-state index contributed by atoms with van der Waals surface area (Å²) in [5, 5.41) is 4.00. The Kier molecular flexibility index (Phi) is 3.24. The van der Waals surface area contributed by atoms with Crippen LogP contribution in [0.4, 0.5) is 0 Å². The number of carbonyl (C=O) groups is 1. The maximum atomic E-state index is 11.6. The minimum absolute atomic E-state index is 0.0880. The summed E-state index contributed by atoms with van der Waals surface area (Å²) in [6.45, 7) is 5.55. The molecule has 4 heteroatoms. The fraction of sp³-hybridized carbons (Fsp3) is 0.333. The first-order valence-corrected chi connectivity index (χ1v) is 4.95. The molecule has 0 saturated heterocycles. The lowest BCUT2D eigenvalue weighted by Crippen LogP contribution is -2.01. The molecule has 0 N–H and O–H groups in total. The topological polar surface area (TPSA) is 34.9 Å². The van der Waals surface area contributed by atoms with Crippen LogP contribution in [0.15, 0.2) is 18.3 Å². The van der Waals surface area contributed by atoms with E-state index in [0.29, 0.717) is 12.0 Å². The highest BCUT2D eigenvalue weighted by Crippen LogP contribution is 2.14. The summed E-state index contributed by atoms with van der Waals surface area (Å²) in [7, 11) is 1.82. The molecule has 0 fully saturated rings. The van der Waals surface area contributed by atoms with Gasteiger partial charge >= 0.3 is 0 Å². The molecular weight excluding hydrogens is 279 g/mol. The van der Waals surface area contributed by atoms with Gasteiger partial charge in [0.1, 0.15) is 3.70 Å². The number of Topliss-reactive ketones (excluding diaryl/α,β-unsaturated/α-hetero) is 1. The van der Waals surface area contributed by atoms with Gasteiger partial charge in [-0.05, 0) is 29.5 Å². The molecule has 1 aromatic heterocycles. The summed E-state index contributed by atoms with van der Waals surface area (Å²) in [5.74, 6) is 0.0880. The maximum Gasteiger partial charge on any atom is 0.171 e. The van der Waals surface area contributed by atoms with Gasteiger partial charge in [0.05, 0.1) is 11.8 Å². The molecule has 0 atom stereocenters. The zero-order valence-corrected chi connectivity index (χ0v) is 9.83. The van der Waals surface area contributed by atoms with Gasteiger partial charge in [-0.2, -0.15) is 5.10 Å². The first kappa shape index (κ1) is 10.4. The van der Waals surface area contributed by atoms with E-state index in [0.717, 1.165) is 9.27 Å². The average molecular weight is 290 g/mol. The quantitative estimate of drug-likeness (QED) is 0.486. The third kappa shape index (κ3) is 2.40. The Morgan fingerprint density at radius 2 is 2.38 bits per heavy atom. The van der Waals surface area contributed by atoms with Crippen LogP contribution in [0.3, 0.4) is 0 Å². The molecule has 0 bridgehead atoms. The first-order valence-electron chi connectivity index (χ1n) is 3.87. The van der Waals surface area contributed by atoms with E-state index in [1.165, 1.54) is 0 Å². The summed E-state index contributed by atoms with van der Waals surface area (Å²) in [5.41, 5.74) is 1.57. The number of aryl methyl sites for hydroxylation is 1. The molecule has 1 rings (SSSR count). The van der Waals surface area contributed by atoms with Crippen molar-refractivity contribution in [2.45, 2.75) is 13.3 Å². The number of carbonyl (C=O) groups excluding carboxylic acids is 1. The van der Waals surface area contributed by atoms with Crippen LogP contribution in [-0.2, 0) is 7.05 Å². The van der Waals surface area contributed by atoms with E-state index in [9.17, 15) is 4.79 Å². The van der Waals surface area contributed by atoms with E-state index < -0.39 is 0 Å². The monoisotopic (exact) mass is 290 g/mol. The van der Waals surface area contributed by atoms with E-state index in [2.05, 4.69) is 34.3 Å². The largest absolute Gasteiger partial charge is 0.294 e. The zero-order valence-electron chi connectivity index (χ0n) is 7.67. The normalized spacial score (nSPS) is 10.1. The van der Waals surface area contributed by atoms with Crippen molar-refractivity contribution in [1.29, 1.82) is 0 Å². The van der Waals surface area contributed by atoms with Crippen molar-refractivity contribution in [2.75, 3.05) is 0 Å². The molecule has 70 valence electrons. The minimum Gasteiger partial charge on any atom is -0.294 e. The van der Waals surface area contributed by atoms with Gasteiger partial charge in [0.2, 0.25) is 0 Å². The highest BCUT2D eigenvalue weighted by atomic mass is 127. The van der Waals surface area contributed by atoms with Crippen molar-refractivity contribution in [1.82, 2.24) is 9.78 Å². The summed E-state index contributed by atoms with van der Waals surface area (Å²) < 4.78 is 2.57. The smallest absolute Gasteiger partial charge is 0.171 e. The van der Waals surface area contributed by atoms with E-state index in [4.69, 9.17) is 0 Å². The zero-order chi connectivity index (χ0) is 10.0. The fourth-order valence-electron chi connectivity index (χ4n) is 0.979. The van der Waals surface area contributed by atoms with E-state index in [1.54, 1.807) is 10.9 Å². The standard InChI is InChI=1S/C9H11IN2O/c1-6(2)4-8(13)7-5-11-12(3)9(7)10/h5H,1,4H2,2-3H3. The highest BCUT2D eigenvalue weighted by Gasteiger charge is 2.13. The van der Waals surface area contributed by atoms with Crippen molar-refractivity contribution >= 4 is 28.4 Å². The number of hydrogen-bond acceptors (Lipinski definition) is 2. The molecule has 0 aromatic carbocycles. The molecule has 1 aromatic rings. The molecule has 0 aliphatic heterocycles. The number of aromatic nitrogens is 2. The molecule has 0 aliphatic carbocycles. The Morgan fingerprint density at radius 3 is 2.77 bits per heavy atom. The van der Waals surface area contributed by atoms with E-state index in [1.807, 2.05) is 14.0 Å². The molecule has 1 heterocycles. The summed E-state index contributed by atoms with van der Waals surface area (Å²) >= 11 is 2.11. The lowest BCUT2D eigenvalue weighted by Gasteiger charge is -1.98. The Hall–Kier alpha value is -0.650. The van der Waals surface area contributed by atoms with Crippen molar-refractivity contribution in [3.8, 4) is 0 Å². The maximum absolute atomic E-state index is 11.6. The predicted octanol–water partition coefficient (Wildman–Crippen LogP) is 2.17. The Balaban J connectivity index is 2.89. The van der Waals surface area contributed by atoms with Gasteiger partial charge in [-0.1, -0.05) is 12.2 Å². The number of allylic oxidation sites excluding steroid dienone is 1. The Bertz CT molecular complexity index is 354. The molecule has 3 nitrogen and oxygen atoms in total. The van der Waals surface area contributed by atoms with Crippen LogP contribution in [0.5, 0.6) is 0 Å². The van der Waals surface area contributed by atoms with Crippen molar-refractivity contribution in [2.24, 2.45) is 7.05 Å². The van der Waals surface area contributed by atoms with E-state index >= 15 is 0 Å². The van der Waals surface area contributed by atoms with Gasteiger partial charge in [0.15, 0.2) is 5.78 Å². The number of ketones is 1. The molecule has 0 unspecified atom stereocenters. The van der Waals surface area contributed by atoms with Crippen LogP contribution < -0.4 is 0 Å². The second-order valence-corrected chi connectivity index (χ2v) is 4.05. The fourth-order valence-corrected chi connectivity index (χ4v) is 1.54. The van der Waals surface area contributed by atoms with Crippen LogP contribution in [0, 0.1) is 3.70 Å². The van der Waals surface area contributed by atoms with Crippen LogP contribution in [0.2, 0.25) is 0 Å². The second kappa shape index (κ2) is 4.04. The molecule has 0 saturated carbocycles. The molecule has 0 radical (unpaired) electrons. The lowest BCUT2D eigenvalue weighted by atomic mass is 10.1. The third-order valence-corrected chi connectivity index (χ3v) is 2.91. The van der Waals surface area contributed by atoms with Crippen molar-refractivity contribution in [3.05, 3.63) is 27.6 Å². The van der Waals surface area contributed by atoms with E-state index in [-0.39, 0.29) is 5.78 Å². The van der Waals surface area contributed by atoms with Gasteiger partial charge in [-0.3, -0.25) is 9.48 Å². The molecule has 0 aliphatic rings. The summed E-state index contributed by atoms with van der Waals surface area (Å²) in [6.07, 6.45) is 2.01. The van der Waals surface area contributed by atoms with Crippen LogP contribution >= 0.6 is 22.6 Å². The summed E-state index contributed by atoms with van der Waals surface area (Å²) in [4.78, 5) is 11.6. The third-order valence-electron chi connectivity index (χ3n) is 1.63. The second-order valence-electron chi connectivity index (χ2n) is 3.03. The molecule has 0 amide bonds. The predicted molar refractivity (Wildman–Crippen MR) is 59.7 cm³/mol. The number of hydrogen-bond donors (Lipinski definition) is 0. The minimum atomic E-state index is 0.0880. The molecule has 13 heavy (non-hydrogen) atoms. The lowest BCUT2D eigenvalue weighted by molar-refractivity contribution is 0.0992. The Morgan fingerprint density at radius 1 is 1.77 bits per heavy atom. The van der Waals surface area contributed by atoms with Crippen LogP contribution in [0.25, 0.3) is 0 Å². The van der Waals surface area contributed by atoms with Crippen LogP contribution in [0.1, 0.15) is 23.7 Å². The average Bonchev–Trinajstić information content (AvgIpc) is 2.31. The molecule has 0 spiro atoms.